The lowest BCUT2D eigenvalue weighted by Gasteiger charge is -2.15. The average molecular weight is 318 g/mol. The van der Waals surface area contributed by atoms with Gasteiger partial charge < -0.3 is 10.2 Å². The zero-order valence-corrected chi connectivity index (χ0v) is 14.2. The summed E-state index contributed by atoms with van der Waals surface area (Å²) >= 11 is 6.01. The van der Waals surface area contributed by atoms with Gasteiger partial charge in [0, 0.05) is 25.3 Å². The van der Waals surface area contributed by atoms with E-state index in [1.165, 1.54) is 5.56 Å². The predicted molar refractivity (Wildman–Crippen MR) is 92.2 cm³/mol. The SMILES string of the molecule is Cc1cc(C)c(NC(=O)c2cc(Cl)nc(N(C)C)c2)c(C)c1. The van der Waals surface area contributed by atoms with Crippen LogP contribution in [-0.2, 0) is 0 Å². The Morgan fingerprint density at radius 3 is 2.23 bits per heavy atom. The summed E-state index contributed by atoms with van der Waals surface area (Å²) in [6.45, 7) is 6.01. The van der Waals surface area contributed by atoms with Gasteiger partial charge in [0.2, 0.25) is 0 Å². The van der Waals surface area contributed by atoms with E-state index in [1.807, 2.05) is 51.9 Å². The van der Waals surface area contributed by atoms with E-state index < -0.39 is 0 Å². The number of halogens is 1. The molecule has 0 aliphatic rings. The van der Waals surface area contributed by atoms with E-state index in [-0.39, 0.29) is 5.91 Å². The number of benzene rings is 1. The van der Waals surface area contributed by atoms with Gasteiger partial charge in [-0.05, 0) is 44.0 Å². The van der Waals surface area contributed by atoms with Crippen molar-refractivity contribution in [3.63, 3.8) is 0 Å². The fourth-order valence-corrected chi connectivity index (χ4v) is 2.61. The van der Waals surface area contributed by atoms with Crippen LogP contribution in [0.2, 0.25) is 5.15 Å². The quantitative estimate of drug-likeness (QED) is 0.871. The van der Waals surface area contributed by atoms with Crippen molar-refractivity contribution in [2.75, 3.05) is 24.3 Å². The van der Waals surface area contributed by atoms with E-state index in [1.54, 1.807) is 12.1 Å². The number of rotatable bonds is 3. The number of hydrogen-bond donors (Lipinski definition) is 1. The largest absolute Gasteiger partial charge is 0.363 e. The molecule has 1 aromatic carbocycles. The van der Waals surface area contributed by atoms with Gasteiger partial charge >= 0.3 is 0 Å². The molecule has 0 aliphatic carbocycles. The van der Waals surface area contributed by atoms with Crippen LogP contribution in [0.3, 0.4) is 0 Å². The third-order valence-corrected chi connectivity index (χ3v) is 3.61. The summed E-state index contributed by atoms with van der Waals surface area (Å²) in [6, 6.07) is 7.39. The van der Waals surface area contributed by atoms with E-state index in [4.69, 9.17) is 11.6 Å². The van der Waals surface area contributed by atoms with Gasteiger partial charge in [-0.1, -0.05) is 29.3 Å². The topological polar surface area (TPSA) is 45.2 Å². The molecule has 0 aliphatic heterocycles. The highest BCUT2D eigenvalue weighted by Gasteiger charge is 2.13. The van der Waals surface area contributed by atoms with Gasteiger partial charge in [0.05, 0.1) is 0 Å². The molecule has 0 saturated heterocycles. The molecule has 0 bridgehead atoms. The Kier molecular flexibility index (Phi) is 4.71. The molecule has 0 radical (unpaired) electrons. The Hall–Kier alpha value is -2.07. The maximum absolute atomic E-state index is 12.5. The van der Waals surface area contributed by atoms with Crippen molar-refractivity contribution >= 4 is 29.0 Å². The maximum atomic E-state index is 12.5. The first-order valence-electron chi connectivity index (χ1n) is 7.02. The molecule has 0 saturated carbocycles. The molecule has 5 heteroatoms. The number of nitrogens with one attached hydrogen (secondary N) is 1. The number of pyridine rings is 1. The number of hydrogen-bond acceptors (Lipinski definition) is 3. The Labute approximate surface area is 136 Å². The van der Waals surface area contributed by atoms with Crippen LogP contribution in [0.5, 0.6) is 0 Å². The lowest BCUT2D eigenvalue weighted by Crippen LogP contribution is -2.16. The third-order valence-electron chi connectivity index (χ3n) is 3.42. The maximum Gasteiger partial charge on any atom is 0.255 e. The second-order valence-corrected chi connectivity index (χ2v) is 6.05. The van der Waals surface area contributed by atoms with Crippen LogP contribution < -0.4 is 10.2 Å². The summed E-state index contributed by atoms with van der Waals surface area (Å²) in [7, 11) is 3.71. The van der Waals surface area contributed by atoms with Crippen molar-refractivity contribution in [3.8, 4) is 0 Å². The Bertz CT molecular complexity index is 703. The van der Waals surface area contributed by atoms with Crippen molar-refractivity contribution in [1.29, 1.82) is 0 Å². The molecule has 1 N–H and O–H groups in total. The van der Waals surface area contributed by atoms with Gasteiger partial charge in [0.15, 0.2) is 0 Å². The van der Waals surface area contributed by atoms with Gasteiger partial charge in [-0.15, -0.1) is 0 Å². The van der Waals surface area contributed by atoms with Crippen molar-refractivity contribution < 1.29 is 4.79 Å². The Morgan fingerprint density at radius 2 is 1.68 bits per heavy atom. The first-order valence-corrected chi connectivity index (χ1v) is 7.40. The smallest absolute Gasteiger partial charge is 0.255 e. The molecule has 0 atom stereocenters. The van der Waals surface area contributed by atoms with Crippen LogP contribution in [-0.4, -0.2) is 25.0 Å². The minimum atomic E-state index is -0.192. The molecule has 4 nitrogen and oxygen atoms in total. The van der Waals surface area contributed by atoms with Crippen LogP contribution in [0.4, 0.5) is 11.5 Å². The zero-order valence-electron chi connectivity index (χ0n) is 13.5. The van der Waals surface area contributed by atoms with E-state index in [0.717, 1.165) is 16.8 Å². The van der Waals surface area contributed by atoms with E-state index in [9.17, 15) is 4.79 Å². The van der Waals surface area contributed by atoms with Gasteiger partial charge in [0.25, 0.3) is 5.91 Å². The standard InChI is InChI=1S/C17H20ClN3O/c1-10-6-11(2)16(12(3)7-10)20-17(22)13-8-14(18)19-15(9-13)21(4)5/h6-9H,1-5H3,(H,20,22). The fraction of sp³-hybridized carbons (Fsp3) is 0.294. The minimum Gasteiger partial charge on any atom is -0.363 e. The van der Waals surface area contributed by atoms with E-state index in [0.29, 0.717) is 16.5 Å². The summed E-state index contributed by atoms with van der Waals surface area (Å²) in [5, 5.41) is 3.27. The number of aromatic nitrogens is 1. The van der Waals surface area contributed by atoms with Crippen LogP contribution in [0.1, 0.15) is 27.0 Å². The lowest BCUT2D eigenvalue weighted by atomic mass is 10.0. The van der Waals surface area contributed by atoms with Crippen molar-refractivity contribution in [2.24, 2.45) is 0 Å². The van der Waals surface area contributed by atoms with Crippen LogP contribution in [0.15, 0.2) is 24.3 Å². The van der Waals surface area contributed by atoms with Gasteiger partial charge in [-0.2, -0.15) is 0 Å². The van der Waals surface area contributed by atoms with E-state index >= 15 is 0 Å². The first kappa shape index (κ1) is 16.3. The number of amides is 1. The fourth-order valence-electron chi connectivity index (χ4n) is 2.41. The number of anilines is 2. The lowest BCUT2D eigenvalue weighted by molar-refractivity contribution is 0.102. The average Bonchev–Trinajstić information content (AvgIpc) is 2.41. The van der Waals surface area contributed by atoms with Gasteiger partial charge in [0.1, 0.15) is 11.0 Å². The first-order chi connectivity index (χ1) is 10.3. The molecule has 1 aromatic heterocycles. The molecule has 2 aromatic rings. The zero-order chi connectivity index (χ0) is 16.4. The summed E-state index contributed by atoms with van der Waals surface area (Å²) in [5.74, 6) is 0.456. The second-order valence-electron chi connectivity index (χ2n) is 5.66. The highest BCUT2D eigenvalue weighted by Crippen LogP contribution is 2.24. The molecule has 0 fully saturated rings. The molecular weight excluding hydrogens is 298 g/mol. The number of aryl methyl sites for hydroxylation is 3. The monoisotopic (exact) mass is 317 g/mol. The summed E-state index contributed by atoms with van der Waals surface area (Å²) < 4.78 is 0. The minimum absolute atomic E-state index is 0.192. The number of nitrogens with zero attached hydrogens (tertiary/aromatic N) is 2. The molecule has 116 valence electrons. The molecule has 0 unspecified atom stereocenters. The summed E-state index contributed by atoms with van der Waals surface area (Å²) in [5.41, 5.74) is 4.59. The van der Waals surface area contributed by atoms with Crippen LogP contribution in [0, 0.1) is 20.8 Å². The highest BCUT2D eigenvalue weighted by molar-refractivity contribution is 6.30. The number of carbonyl (C=O) groups excluding carboxylic acids is 1. The van der Waals surface area contributed by atoms with Crippen molar-refractivity contribution in [2.45, 2.75) is 20.8 Å². The van der Waals surface area contributed by atoms with Crippen molar-refractivity contribution in [3.05, 3.63) is 51.7 Å². The molecule has 22 heavy (non-hydrogen) atoms. The molecule has 2 rings (SSSR count). The summed E-state index contributed by atoms with van der Waals surface area (Å²) in [6.07, 6.45) is 0. The highest BCUT2D eigenvalue weighted by atomic mass is 35.5. The molecular formula is C17H20ClN3O. The van der Waals surface area contributed by atoms with Gasteiger partial charge in [-0.3, -0.25) is 4.79 Å². The second kappa shape index (κ2) is 6.36. The number of carbonyl (C=O) groups is 1. The normalized spacial score (nSPS) is 10.5. The molecule has 0 spiro atoms. The molecule has 1 heterocycles. The summed E-state index contributed by atoms with van der Waals surface area (Å²) in [4.78, 5) is 18.5. The third kappa shape index (κ3) is 3.57. The Morgan fingerprint density at radius 1 is 1.09 bits per heavy atom. The van der Waals surface area contributed by atoms with Crippen LogP contribution >= 0.6 is 11.6 Å². The van der Waals surface area contributed by atoms with Gasteiger partial charge in [-0.25, -0.2) is 4.98 Å². The molecule has 1 amide bonds. The predicted octanol–water partition coefficient (Wildman–Crippen LogP) is 3.98. The van der Waals surface area contributed by atoms with Crippen LogP contribution in [0.25, 0.3) is 0 Å². The Balaban J connectivity index is 2.34. The van der Waals surface area contributed by atoms with E-state index in [2.05, 4.69) is 10.3 Å². The van der Waals surface area contributed by atoms with Crippen molar-refractivity contribution in [1.82, 2.24) is 4.98 Å².